The molecule has 78 valence electrons. The van der Waals surface area contributed by atoms with E-state index >= 15 is 0 Å². The van der Waals surface area contributed by atoms with Crippen LogP contribution < -0.4 is 5.73 Å². The third kappa shape index (κ3) is 1.34. The van der Waals surface area contributed by atoms with Gasteiger partial charge in [-0.15, -0.1) is 0 Å². The maximum absolute atomic E-state index is 5.74. The summed E-state index contributed by atoms with van der Waals surface area (Å²) in [4.78, 5) is 0. The van der Waals surface area contributed by atoms with Crippen molar-refractivity contribution in [2.24, 2.45) is 17.1 Å². The Morgan fingerprint density at radius 1 is 1.57 bits per heavy atom. The Balaban J connectivity index is 2.30. The van der Waals surface area contributed by atoms with E-state index in [9.17, 15) is 0 Å². The molecule has 0 radical (unpaired) electrons. The minimum absolute atomic E-state index is 0.302. The van der Waals surface area contributed by atoms with Gasteiger partial charge in [0.15, 0.2) is 4.67 Å². The first kappa shape index (κ1) is 10.2. The van der Waals surface area contributed by atoms with E-state index in [1.54, 1.807) is 0 Å². The van der Waals surface area contributed by atoms with E-state index in [0.29, 0.717) is 17.3 Å². The number of aryl methyl sites for hydroxylation is 1. The SMILES string of the molecule is Cc1cc(Br)oc1C1C(CN)C1(C)C. The van der Waals surface area contributed by atoms with Gasteiger partial charge >= 0.3 is 0 Å². The van der Waals surface area contributed by atoms with Gasteiger partial charge in [0, 0.05) is 5.92 Å². The normalized spacial score (nSPS) is 29.2. The summed E-state index contributed by atoms with van der Waals surface area (Å²) in [7, 11) is 0. The van der Waals surface area contributed by atoms with Crippen molar-refractivity contribution in [3.05, 3.63) is 22.1 Å². The topological polar surface area (TPSA) is 39.2 Å². The van der Waals surface area contributed by atoms with Gasteiger partial charge in [-0.05, 0) is 52.4 Å². The molecule has 0 amide bonds. The lowest BCUT2D eigenvalue weighted by atomic mass is 10.1. The Kier molecular flexibility index (Phi) is 2.27. The molecule has 2 N–H and O–H groups in total. The molecule has 1 aliphatic carbocycles. The first-order chi connectivity index (χ1) is 6.48. The van der Waals surface area contributed by atoms with Crippen LogP contribution in [-0.4, -0.2) is 6.54 Å². The van der Waals surface area contributed by atoms with Crippen molar-refractivity contribution in [2.45, 2.75) is 26.7 Å². The predicted molar refractivity (Wildman–Crippen MR) is 60.2 cm³/mol. The maximum atomic E-state index is 5.74. The summed E-state index contributed by atoms with van der Waals surface area (Å²) in [6, 6.07) is 2.03. The molecule has 2 unspecified atom stereocenters. The average molecular weight is 258 g/mol. The second kappa shape index (κ2) is 3.11. The van der Waals surface area contributed by atoms with Crippen LogP contribution in [-0.2, 0) is 0 Å². The molecule has 0 spiro atoms. The molecule has 2 nitrogen and oxygen atoms in total. The summed E-state index contributed by atoms with van der Waals surface area (Å²) < 4.78 is 6.49. The van der Waals surface area contributed by atoms with Gasteiger partial charge in [0.1, 0.15) is 5.76 Å². The van der Waals surface area contributed by atoms with Crippen LogP contribution in [0, 0.1) is 18.3 Å². The van der Waals surface area contributed by atoms with Crippen LogP contribution in [0.25, 0.3) is 0 Å². The monoisotopic (exact) mass is 257 g/mol. The minimum atomic E-state index is 0.302. The molecule has 2 rings (SSSR count). The zero-order chi connectivity index (χ0) is 10.5. The highest BCUT2D eigenvalue weighted by Crippen LogP contribution is 2.64. The lowest BCUT2D eigenvalue weighted by molar-refractivity contribution is 0.462. The summed E-state index contributed by atoms with van der Waals surface area (Å²) in [6.07, 6.45) is 0. The van der Waals surface area contributed by atoms with E-state index in [-0.39, 0.29) is 0 Å². The predicted octanol–water partition coefficient (Wildman–Crippen LogP) is 3.05. The number of hydrogen-bond donors (Lipinski definition) is 1. The Morgan fingerprint density at radius 3 is 2.57 bits per heavy atom. The molecule has 0 bridgehead atoms. The lowest BCUT2D eigenvalue weighted by Gasteiger charge is -2.00. The molecule has 1 aromatic rings. The number of hydrogen-bond acceptors (Lipinski definition) is 2. The second-order valence-electron chi connectivity index (χ2n) is 4.74. The smallest absolute Gasteiger partial charge is 0.169 e. The summed E-state index contributed by atoms with van der Waals surface area (Å²) in [5, 5.41) is 0. The van der Waals surface area contributed by atoms with Crippen LogP contribution in [0.5, 0.6) is 0 Å². The molecule has 1 saturated carbocycles. The molecular weight excluding hydrogens is 242 g/mol. The Hall–Kier alpha value is -0.280. The van der Waals surface area contributed by atoms with Gasteiger partial charge in [0.2, 0.25) is 0 Å². The quantitative estimate of drug-likeness (QED) is 0.885. The van der Waals surface area contributed by atoms with Gasteiger partial charge in [0.25, 0.3) is 0 Å². The van der Waals surface area contributed by atoms with Gasteiger partial charge in [-0.2, -0.15) is 0 Å². The van der Waals surface area contributed by atoms with Crippen molar-refractivity contribution in [1.29, 1.82) is 0 Å². The van der Waals surface area contributed by atoms with Gasteiger partial charge in [-0.3, -0.25) is 0 Å². The molecule has 2 atom stereocenters. The van der Waals surface area contributed by atoms with Crippen LogP contribution in [0.1, 0.15) is 31.1 Å². The third-order valence-corrected chi connectivity index (χ3v) is 3.90. The molecule has 0 saturated heterocycles. The molecule has 3 heteroatoms. The van der Waals surface area contributed by atoms with E-state index in [2.05, 4.69) is 36.7 Å². The highest BCUT2D eigenvalue weighted by molar-refractivity contribution is 9.10. The Labute approximate surface area is 93.0 Å². The summed E-state index contributed by atoms with van der Waals surface area (Å²) in [5.41, 5.74) is 7.27. The standard InChI is InChI=1S/C11H16BrNO/c1-6-4-8(12)14-10(6)9-7(5-13)11(9,2)3/h4,7,9H,5,13H2,1-3H3. The van der Waals surface area contributed by atoms with Crippen LogP contribution in [0.2, 0.25) is 0 Å². The van der Waals surface area contributed by atoms with Gasteiger partial charge in [-0.25, -0.2) is 0 Å². The highest BCUT2D eigenvalue weighted by Gasteiger charge is 2.59. The molecular formula is C11H16BrNO. The maximum Gasteiger partial charge on any atom is 0.169 e. The van der Waals surface area contributed by atoms with Crippen LogP contribution in [0.15, 0.2) is 15.2 Å². The zero-order valence-electron chi connectivity index (χ0n) is 8.80. The average Bonchev–Trinajstić information content (AvgIpc) is 2.46. The van der Waals surface area contributed by atoms with E-state index in [0.717, 1.165) is 17.0 Å². The first-order valence-electron chi connectivity index (χ1n) is 4.94. The van der Waals surface area contributed by atoms with E-state index in [4.69, 9.17) is 10.2 Å². The number of furan rings is 1. The minimum Gasteiger partial charge on any atom is -0.454 e. The van der Waals surface area contributed by atoms with Crippen molar-refractivity contribution >= 4 is 15.9 Å². The van der Waals surface area contributed by atoms with Crippen molar-refractivity contribution in [3.63, 3.8) is 0 Å². The van der Waals surface area contributed by atoms with Crippen LogP contribution in [0.3, 0.4) is 0 Å². The Bertz CT molecular complexity index is 356. The van der Waals surface area contributed by atoms with Crippen molar-refractivity contribution in [1.82, 2.24) is 0 Å². The van der Waals surface area contributed by atoms with Crippen LogP contribution in [0.4, 0.5) is 0 Å². The molecule has 1 fully saturated rings. The van der Waals surface area contributed by atoms with Crippen molar-refractivity contribution in [2.75, 3.05) is 6.54 Å². The van der Waals surface area contributed by atoms with Gasteiger partial charge < -0.3 is 10.2 Å². The molecule has 1 aromatic heterocycles. The molecule has 1 aliphatic rings. The third-order valence-electron chi connectivity index (χ3n) is 3.51. The Morgan fingerprint density at radius 2 is 2.21 bits per heavy atom. The first-order valence-corrected chi connectivity index (χ1v) is 5.73. The lowest BCUT2D eigenvalue weighted by Crippen LogP contribution is -2.05. The van der Waals surface area contributed by atoms with Crippen molar-refractivity contribution in [3.8, 4) is 0 Å². The van der Waals surface area contributed by atoms with Crippen LogP contribution >= 0.6 is 15.9 Å². The van der Waals surface area contributed by atoms with E-state index in [1.807, 2.05) is 6.07 Å². The van der Waals surface area contributed by atoms with E-state index in [1.165, 1.54) is 5.56 Å². The molecule has 14 heavy (non-hydrogen) atoms. The molecule has 0 aliphatic heterocycles. The highest BCUT2D eigenvalue weighted by atomic mass is 79.9. The fourth-order valence-electron chi connectivity index (χ4n) is 2.47. The number of halogens is 1. The second-order valence-corrected chi connectivity index (χ2v) is 5.52. The van der Waals surface area contributed by atoms with Gasteiger partial charge in [-0.1, -0.05) is 13.8 Å². The summed E-state index contributed by atoms with van der Waals surface area (Å²) >= 11 is 3.36. The fraction of sp³-hybridized carbons (Fsp3) is 0.636. The van der Waals surface area contributed by atoms with Gasteiger partial charge in [0.05, 0.1) is 0 Å². The zero-order valence-corrected chi connectivity index (χ0v) is 10.4. The molecule has 0 aromatic carbocycles. The van der Waals surface area contributed by atoms with Crippen molar-refractivity contribution < 1.29 is 4.42 Å². The number of rotatable bonds is 2. The molecule has 1 heterocycles. The number of nitrogens with two attached hydrogens (primary N) is 1. The summed E-state index contributed by atoms with van der Waals surface area (Å²) in [5.74, 6) is 2.18. The largest absolute Gasteiger partial charge is 0.454 e. The fourth-order valence-corrected chi connectivity index (χ4v) is 2.99. The van der Waals surface area contributed by atoms with E-state index < -0.39 is 0 Å². The summed E-state index contributed by atoms with van der Waals surface area (Å²) in [6.45, 7) is 7.34.